The lowest BCUT2D eigenvalue weighted by Crippen LogP contribution is -2.04. The van der Waals surface area contributed by atoms with Gasteiger partial charge in [-0.05, 0) is 23.8 Å². The van der Waals surface area contributed by atoms with Gasteiger partial charge in [-0.25, -0.2) is 0 Å². The van der Waals surface area contributed by atoms with Crippen LogP contribution >= 0.6 is 23.2 Å². The SMILES string of the molecule is CO.O=C(O)Cc1ccccc1Nc1c(Cl)cccc1Cl. The molecule has 2 aromatic rings. The summed E-state index contributed by atoms with van der Waals surface area (Å²) in [5, 5.41) is 19.9. The maximum atomic E-state index is 10.8. The van der Waals surface area contributed by atoms with Gasteiger partial charge >= 0.3 is 5.97 Å². The van der Waals surface area contributed by atoms with Crippen molar-refractivity contribution in [3.05, 3.63) is 58.1 Å². The van der Waals surface area contributed by atoms with Gasteiger partial charge in [0.15, 0.2) is 0 Å². The zero-order valence-corrected chi connectivity index (χ0v) is 12.8. The Morgan fingerprint density at radius 1 is 1.05 bits per heavy atom. The first kappa shape index (κ1) is 17.3. The van der Waals surface area contributed by atoms with E-state index in [0.717, 1.165) is 7.11 Å². The minimum absolute atomic E-state index is 0.0642. The summed E-state index contributed by atoms with van der Waals surface area (Å²) < 4.78 is 0. The predicted molar refractivity (Wildman–Crippen MR) is 85.7 cm³/mol. The summed E-state index contributed by atoms with van der Waals surface area (Å²) in [4.78, 5) is 10.8. The van der Waals surface area contributed by atoms with Crippen molar-refractivity contribution >= 4 is 40.5 Å². The number of rotatable bonds is 4. The molecule has 0 aliphatic heterocycles. The van der Waals surface area contributed by atoms with Gasteiger partial charge in [0.2, 0.25) is 0 Å². The first-order valence-electron chi connectivity index (χ1n) is 6.03. The molecule has 2 rings (SSSR count). The highest BCUT2D eigenvalue weighted by Crippen LogP contribution is 2.33. The average molecular weight is 328 g/mol. The highest BCUT2D eigenvalue weighted by atomic mass is 35.5. The molecule has 0 aromatic heterocycles. The van der Waals surface area contributed by atoms with Crippen molar-refractivity contribution in [3.63, 3.8) is 0 Å². The number of aliphatic hydroxyl groups is 1. The van der Waals surface area contributed by atoms with Gasteiger partial charge in [-0.15, -0.1) is 0 Å². The lowest BCUT2D eigenvalue weighted by atomic mass is 10.1. The van der Waals surface area contributed by atoms with E-state index in [0.29, 0.717) is 27.0 Å². The van der Waals surface area contributed by atoms with Crippen molar-refractivity contribution in [2.24, 2.45) is 0 Å². The van der Waals surface area contributed by atoms with Crippen LogP contribution in [0.2, 0.25) is 10.0 Å². The van der Waals surface area contributed by atoms with E-state index in [1.54, 1.807) is 36.4 Å². The summed E-state index contributed by atoms with van der Waals surface area (Å²) in [5.74, 6) is -0.889. The van der Waals surface area contributed by atoms with Crippen LogP contribution in [0.15, 0.2) is 42.5 Å². The number of nitrogens with one attached hydrogen (secondary N) is 1. The van der Waals surface area contributed by atoms with Crippen molar-refractivity contribution < 1.29 is 15.0 Å². The molecule has 0 amide bonds. The molecule has 0 fully saturated rings. The molecule has 112 valence electrons. The Bertz CT molecular complexity index is 597. The molecule has 4 nitrogen and oxygen atoms in total. The first-order valence-corrected chi connectivity index (χ1v) is 6.79. The zero-order valence-electron chi connectivity index (χ0n) is 11.3. The second-order valence-corrected chi connectivity index (χ2v) is 4.76. The number of benzene rings is 2. The molecule has 0 saturated heterocycles. The quantitative estimate of drug-likeness (QED) is 0.794. The van der Waals surface area contributed by atoms with Crippen LogP contribution in [0.4, 0.5) is 11.4 Å². The van der Waals surface area contributed by atoms with Crippen LogP contribution < -0.4 is 5.32 Å². The number of hydrogen-bond acceptors (Lipinski definition) is 3. The predicted octanol–water partition coefficient (Wildman–Crippen LogP) is 3.97. The summed E-state index contributed by atoms with van der Waals surface area (Å²) in [6, 6.07) is 12.3. The topological polar surface area (TPSA) is 69.6 Å². The Balaban J connectivity index is 0.00000106. The van der Waals surface area contributed by atoms with Gasteiger partial charge in [-0.2, -0.15) is 0 Å². The zero-order chi connectivity index (χ0) is 15.8. The molecular weight excluding hydrogens is 313 g/mol. The van der Waals surface area contributed by atoms with E-state index in [4.69, 9.17) is 33.4 Å². The molecule has 2 aromatic carbocycles. The molecular formula is C15H15Cl2NO3. The number of carbonyl (C=O) groups is 1. The van der Waals surface area contributed by atoms with E-state index < -0.39 is 5.97 Å². The molecule has 0 aliphatic rings. The molecule has 0 atom stereocenters. The fourth-order valence-electron chi connectivity index (χ4n) is 1.71. The molecule has 6 heteroatoms. The van der Waals surface area contributed by atoms with Gasteiger partial charge in [-0.3, -0.25) is 4.79 Å². The second-order valence-electron chi connectivity index (χ2n) is 3.95. The Hall–Kier alpha value is -1.75. The van der Waals surface area contributed by atoms with E-state index in [-0.39, 0.29) is 6.42 Å². The number of para-hydroxylation sites is 2. The number of carboxylic acid groups (broad SMARTS) is 1. The molecule has 0 saturated carbocycles. The molecule has 21 heavy (non-hydrogen) atoms. The maximum Gasteiger partial charge on any atom is 0.307 e. The van der Waals surface area contributed by atoms with Gasteiger partial charge < -0.3 is 15.5 Å². The Morgan fingerprint density at radius 3 is 2.19 bits per heavy atom. The number of aliphatic carboxylic acids is 1. The fraction of sp³-hybridized carbons (Fsp3) is 0.133. The fourth-order valence-corrected chi connectivity index (χ4v) is 2.20. The van der Waals surface area contributed by atoms with Crippen molar-refractivity contribution in [2.75, 3.05) is 12.4 Å². The van der Waals surface area contributed by atoms with E-state index >= 15 is 0 Å². The molecule has 3 N–H and O–H groups in total. The van der Waals surface area contributed by atoms with Gasteiger partial charge in [0.1, 0.15) is 0 Å². The summed E-state index contributed by atoms with van der Waals surface area (Å²) in [5.41, 5.74) is 1.93. The van der Waals surface area contributed by atoms with Crippen molar-refractivity contribution in [1.82, 2.24) is 0 Å². The summed E-state index contributed by atoms with van der Waals surface area (Å²) in [6.07, 6.45) is -0.0642. The normalized spacial score (nSPS) is 9.52. The van der Waals surface area contributed by atoms with Crippen LogP contribution in [0.3, 0.4) is 0 Å². The third kappa shape index (κ3) is 4.93. The first-order chi connectivity index (χ1) is 10.1. The smallest absolute Gasteiger partial charge is 0.307 e. The highest BCUT2D eigenvalue weighted by molar-refractivity contribution is 6.39. The van der Waals surface area contributed by atoms with Crippen molar-refractivity contribution in [1.29, 1.82) is 0 Å². The number of halogens is 2. The molecule has 0 unspecified atom stereocenters. The molecule has 0 heterocycles. The Labute approximate surface area is 132 Å². The molecule has 0 bridgehead atoms. The van der Waals surface area contributed by atoms with Crippen LogP contribution in [-0.2, 0) is 11.2 Å². The lowest BCUT2D eigenvalue weighted by molar-refractivity contribution is -0.136. The van der Waals surface area contributed by atoms with Gasteiger partial charge in [-0.1, -0.05) is 47.5 Å². The summed E-state index contributed by atoms with van der Waals surface area (Å²) >= 11 is 12.1. The summed E-state index contributed by atoms with van der Waals surface area (Å²) in [7, 11) is 1.00. The Kier molecular flexibility index (Phi) is 7.02. The van der Waals surface area contributed by atoms with Gasteiger partial charge in [0.25, 0.3) is 0 Å². The standard InChI is InChI=1S/C14H11Cl2NO2.CH4O/c15-10-5-3-6-11(16)14(10)17-12-7-2-1-4-9(12)8-13(18)19;1-2/h1-7,17H,8H2,(H,18,19);2H,1H3. The number of anilines is 2. The molecule has 0 aliphatic carbocycles. The lowest BCUT2D eigenvalue weighted by Gasteiger charge is -2.13. The van der Waals surface area contributed by atoms with Crippen molar-refractivity contribution in [3.8, 4) is 0 Å². The minimum atomic E-state index is -0.889. The monoisotopic (exact) mass is 327 g/mol. The third-order valence-electron chi connectivity index (χ3n) is 2.58. The van der Waals surface area contributed by atoms with E-state index in [1.807, 2.05) is 6.07 Å². The average Bonchev–Trinajstić information content (AvgIpc) is 2.46. The van der Waals surface area contributed by atoms with Gasteiger partial charge in [0.05, 0.1) is 22.2 Å². The van der Waals surface area contributed by atoms with Crippen LogP contribution in [0.5, 0.6) is 0 Å². The number of carboxylic acids is 1. The van der Waals surface area contributed by atoms with Crippen LogP contribution in [0, 0.1) is 0 Å². The summed E-state index contributed by atoms with van der Waals surface area (Å²) in [6.45, 7) is 0. The van der Waals surface area contributed by atoms with Crippen LogP contribution in [0.25, 0.3) is 0 Å². The van der Waals surface area contributed by atoms with Gasteiger partial charge in [0, 0.05) is 12.8 Å². The van der Waals surface area contributed by atoms with Crippen LogP contribution in [-0.4, -0.2) is 23.3 Å². The van der Waals surface area contributed by atoms with Crippen molar-refractivity contribution in [2.45, 2.75) is 6.42 Å². The maximum absolute atomic E-state index is 10.8. The molecule has 0 spiro atoms. The molecule has 0 radical (unpaired) electrons. The largest absolute Gasteiger partial charge is 0.481 e. The van der Waals surface area contributed by atoms with E-state index in [2.05, 4.69) is 5.32 Å². The van der Waals surface area contributed by atoms with E-state index in [1.165, 1.54) is 0 Å². The Morgan fingerprint density at radius 2 is 1.62 bits per heavy atom. The third-order valence-corrected chi connectivity index (χ3v) is 3.21. The minimum Gasteiger partial charge on any atom is -0.481 e. The number of aliphatic hydroxyl groups excluding tert-OH is 1. The highest BCUT2D eigenvalue weighted by Gasteiger charge is 2.10. The second kappa shape index (κ2) is 8.52. The van der Waals surface area contributed by atoms with Crippen LogP contribution in [0.1, 0.15) is 5.56 Å². The van der Waals surface area contributed by atoms with E-state index in [9.17, 15) is 4.79 Å². The number of hydrogen-bond donors (Lipinski definition) is 3.